The Morgan fingerprint density at radius 3 is 2.68 bits per heavy atom. The minimum Gasteiger partial charge on any atom is -0.465 e. The van der Waals surface area contributed by atoms with Gasteiger partial charge in [-0.3, -0.25) is 9.48 Å². The number of aryl methyl sites for hydroxylation is 1. The molecule has 5 heteroatoms. The number of hydrogen-bond acceptors (Lipinski definition) is 4. The molecule has 1 aliphatic carbocycles. The molecule has 0 saturated heterocycles. The molecule has 0 unspecified atom stereocenters. The number of allylic oxidation sites excluding steroid dienone is 1. The van der Waals surface area contributed by atoms with Crippen LogP contribution in [0.3, 0.4) is 0 Å². The van der Waals surface area contributed by atoms with Gasteiger partial charge >= 0.3 is 5.97 Å². The SMILES string of the molecule is COC(=O)c1ccc(/C=C2\CCc3c(cnn3C)C2=O)cc1. The molecular weight excluding hydrogens is 280 g/mol. The van der Waals surface area contributed by atoms with Gasteiger partial charge in [0.05, 0.1) is 24.4 Å². The molecule has 0 aliphatic heterocycles. The molecule has 22 heavy (non-hydrogen) atoms. The fourth-order valence-corrected chi connectivity index (χ4v) is 2.66. The first kappa shape index (κ1) is 14.3. The van der Waals surface area contributed by atoms with Crippen molar-refractivity contribution in [3.05, 3.63) is 58.4 Å². The van der Waals surface area contributed by atoms with E-state index in [-0.39, 0.29) is 11.8 Å². The fourth-order valence-electron chi connectivity index (χ4n) is 2.66. The van der Waals surface area contributed by atoms with Gasteiger partial charge in [-0.05, 0) is 36.6 Å². The van der Waals surface area contributed by atoms with Crippen molar-refractivity contribution < 1.29 is 14.3 Å². The number of esters is 1. The third kappa shape index (κ3) is 2.45. The van der Waals surface area contributed by atoms with Gasteiger partial charge in [-0.1, -0.05) is 12.1 Å². The van der Waals surface area contributed by atoms with Gasteiger partial charge in [0.2, 0.25) is 0 Å². The zero-order valence-corrected chi connectivity index (χ0v) is 12.5. The Hall–Kier alpha value is -2.69. The minimum absolute atomic E-state index is 0.0337. The summed E-state index contributed by atoms with van der Waals surface area (Å²) in [6.45, 7) is 0. The van der Waals surface area contributed by atoms with E-state index in [0.717, 1.165) is 23.3 Å². The summed E-state index contributed by atoms with van der Waals surface area (Å²) >= 11 is 0. The van der Waals surface area contributed by atoms with Crippen molar-refractivity contribution >= 4 is 17.8 Å². The maximum absolute atomic E-state index is 12.5. The molecule has 2 aromatic rings. The topological polar surface area (TPSA) is 61.2 Å². The third-order valence-corrected chi connectivity index (χ3v) is 3.90. The van der Waals surface area contributed by atoms with E-state index in [0.29, 0.717) is 17.5 Å². The number of nitrogens with zero attached hydrogens (tertiary/aromatic N) is 2. The number of benzene rings is 1. The highest BCUT2D eigenvalue weighted by Gasteiger charge is 2.24. The molecule has 1 heterocycles. The second kappa shape index (κ2) is 5.60. The smallest absolute Gasteiger partial charge is 0.337 e. The van der Waals surface area contributed by atoms with Gasteiger partial charge in [-0.15, -0.1) is 0 Å². The largest absolute Gasteiger partial charge is 0.465 e. The van der Waals surface area contributed by atoms with Crippen molar-refractivity contribution in [3.8, 4) is 0 Å². The van der Waals surface area contributed by atoms with Crippen molar-refractivity contribution in [1.82, 2.24) is 9.78 Å². The van der Waals surface area contributed by atoms with Gasteiger partial charge in [-0.25, -0.2) is 4.79 Å². The van der Waals surface area contributed by atoms with Crippen LogP contribution < -0.4 is 0 Å². The molecule has 112 valence electrons. The summed E-state index contributed by atoms with van der Waals surface area (Å²) in [7, 11) is 3.21. The van der Waals surface area contributed by atoms with Crippen LogP contribution >= 0.6 is 0 Å². The summed E-state index contributed by atoms with van der Waals surface area (Å²) in [6.07, 6.45) is 5.01. The van der Waals surface area contributed by atoms with Crippen molar-refractivity contribution in [2.24, 2.45) is 7.05 Å². The lowest BCUT2D eigenvalue weighted by atomic mass is 9.90. The lowest BCUT2D eigenvalue weighted by Crippen LogP contribution is -2.15. The molecule has 0 spiro atoms. The number of hydrogen-bond donors (Lipinski definition) is 0. The molecular formula is C17H16N2O3. The maximum atomic E-state index is 12.5. The van der Waals surface area contributed by atoms with Gasteiger partial charge < -0.3 is 4.74 Å². The number of rotatable bonds is 2. The number of carbonyl (C=O) groups is 2. The number of carbonyl (C=O) groups excluding carboxylic acids is 2. The van der Waals surface area contributed by atoms with Gasteiger partial charge in [0, 0.05) is 18.3 Å². The molecule has 5 nitrogen and oxygen atoms in total. The third-order valence-electron chi connectivity index (χ3n) is 3.90. The highest BCUT2D eigenvalue weighted by atomic mass is 16.5. The van der Waals surface area contributed by atoms with Gasteiger partial charge in [0.1, 0.15) is 0 Å². The summed E-state index contributed by atoms with van der Waals surface area (Å²) in [4.78, 5) is 23.9. The van der Waals surface area contributed by atoms with E-state index < -0.39 is 0 Å². The number of Topliss-reactive ketones (excluding diaryl/α,β-unsaturated/α-hetero) is 1. The van der Waals surface area contributed by atoms with Gasteiger partial charge in [-0.2, -0.15) is 5.10 Å². The van der Waals surface area contributed by atoms with Crippen molar-refractivity contribution in [2.45, 2.75) is 12.8 Å². The van der Waals surface area contributed by atoms with Crippen LogP contribution in [0.25, 0.3) is 6.08 Å². The van der Waals surface area contributed by atoms with Crippen LogP contribution in [0.5, 0.6) is 0 Å². The second-order valence-corrected chi connectivity index (χ2v) is 5.24. The number of ketones is 1. The van der Waals surface area contributed by atoms with E-state index >= 15 is 0 Å². The Kier molecular flexibility index (Phi) is 3.63. The highest BCUT2D eigenvalue weighted by Crippen LogP contribution is 2.26. The molecule has 3 rings (SSSR count). The van der Waals surface area contributed by atoms with Crippen LogP contribution in [0, 0.1) is 0 Å². The van der Waals surface area contributed by atoms with Crippen LogP contribution in [0.4, 0.5) is 0 Å². The van der Waals surface area contributed by atoms with Crippen molar-refractivity contribution in [2.75, 3.05) is 7.11 Å². The predicted molar refractivity (Wildman–Crippen MR) is 81.6 cm³/mol. The van der Waals surface area contributed by atoms with E-state index in [1.807, 2.05) is 25.3 Å². The first-order valence-corrected chi connectivity index (χ1v) is 7.04. The Morgan fingerprint density at radius 1 is 1.27 bits per heavy atom. The quantitative estimate of drug-likeness (QED) is 0.631. The average Bonchev–Trinajstić information content (AvgIpc) is 2.92. The molecule has 1 aromatic heterocycles. The van der Waals surface area contributed by atoms with Crippen LogP contribution in [-0.4, -0.2) is 28.6 Å². The number of ether oxygens (including phenoxy) is 1. The maximum Gasteiger partial charge on any atom is 0.337 e. The number of aromatic nitrogens is 2. The second-order valence-electron chi connectivity index (χ2n) is 5.24. The monoisotopic (exact) mass is 296 g/mol. The first-order chi connectivity index (χ1) is 10.6. The zero-order chi connectivity index (χ0) is 15.7. The average molecular weight is 296 g/mol. The van der Waals surface area contributed by atoms with Crippen LogP contribution in [0.1, 0.15) is 38.4 Å². The standard InChI is InChI=1S/C17H16N2O3/c1-19-15-8-7-13(16(20)14(15)10-18-19)9-11-3-5-12(6-4-11)17(21)22-2/h3-6,9-10H,7-8H2,1-2H3/b13-9+. The summed E-state index contributed by atoms with van der Waals surface area (Å²) in [6, 6.07) is 7.01. The molecule has 0 N–H and O–H groups in total. The Morgan fingerprint density at radius 2 is 2.00 bits per heavy atom. The lowest BCUT2D eigenvalue weighted by Gasteiger charge is -2.14. The first-order valence-electron chi connectivity index (χ1n) is 7.04. The van der Waals surface area contributed by atoms with Crippen LogP contribution in [0.15, 0.2) is 36.0 Å². The molecule has 0 bridgehead atoms. The highest BCUT2D eigenvalue weighted by molar-refractivity contribution is 6.12. The molecule has 0 fully saturated rings. The van der Waals surface area contributed by atoms with E-state index in [2.05, 4.69) is 9.84 Å². The van der Waals surface area contributed by atoms with Gasteiger partial charge in [0.15, 0.2) is 5.78 Å². The predicted octanol–water partition coefficient (Wildman–Crippen LogP) is 2.42. The lowest BCUT2D eigenvalue weighted by molar-refractivity contribution is 0.0600. The Bertz CT molecular complexity index is 770. The van der Waals surface area contributed by atoms with Gasteiger partial charge in [0.25, 0.3) is 0 Å². The van der Waals surface area contributed by atoms with E-state index in [9.17, 15) is 9.59 Å². The Balaban J connectivity index is 1.87. The van der Waals surface area contributed by atoms with Crippen molar-refractivity contribution in [1.29, 1.82) is 0 Å². The molecule has 0 radical (unpaired) electrons. The molecule has 1 aliphatic rings. The van der Waals surface area contributed by atoms with Crippen molar-refractivity contribution in [3.63, 3.8) is 0 Å². The molecule has 0 saturated carbocycles. The van der Waals surface area contributed by atoms with E-state index in [1.165, 1.54) is 7.11 Å². The summed E-state index contributed by atoms with van der Waals surface area (Å²) in [5.74, 6) is -0.334. The molecule has 0 amide bonds. The van der Waals surface area contributed by atoms with Crippen LogP contribution in [0.2, 0.25) is 0 Å². The molecule has 0 atom stereocenters. The van der Waals surface area contributed by atoms with E-state index in [4.69, 9.17) is 0 Å². The summed E-state index contributed by atoms with van der Waals surface area (Å²) < 4.78 is 6.43. The number of fused-ring (bicyclic) bond motifs is 1. The minimum atomic E-state index is -0.368. The number of methoxy groups -OCH3 is 1. The summed E-state index contributed by atoms with van der Waals surface area (Å²) in [5, 5.41) is 4.15. The van der Waals surface area contributed by atoms with E-state index in [1.54, 1.807) is 23.0 Å². The normalized spacial score (nSPS) is 15.7. The summed E-state index contributed by atoms with van der Waals surface area (Å²) in [5.41, 5.74) is 3.83. The zero-order valence-electron chi connectivity index (χ0n) is 12.5. The fraction of sp³-hybridized carbons (Fsp3) is 0.235. The molecule has 1 aromatic carbocycles. The Labute approximate surface area is 128 Å². The van der Waals surface area contributed by atoms with Crippen LogP contribution in [-0.2, 0) is 18.2 Å².